The number of aromatic nitrogens is 2. The van der Waals surface area contributed by atoms with Gasteiger partial charge in [0.05, 0.1) is 22.3 Å². The van der Waals surface area contributed by atoms with Crippen molar-refractivity contribution in [3.63, 3.8) is 0 Å². The van der Waals surface area contributed by atoms with E-state index in [1.54, 1.807) is 24.4 Å². The van der Waals surface area contributed by atoms with Crippen LogP contribution in [0.2, 0.25) is 5.02 Å². The topological polar surface area (TPSA) is 35.0 Å². The molecule has 0 saturated heterocycles. The number of hydrogen-bond acceptors (Lipinski definition) is 3. The molecule has 3 aromatic rings. The van der Waals surface area contributed by atoms with E-state index in [0.29, 0.717) is 11.3 Å². The molecule has 0 N–H and O–H groups in total. The van der Waals surface area contributed by atoms with Crippen LogP contribution in [0, 0.1) is 6.92 Å². The zero-order chi connectivity index (χ0) is 16.6. The smallest absolute Gasteiger partial charge is 0.416 e. The van der Waals surface area contributed by atoms with Gasteiger partial charge in [-0.2, -0.15) is 23.4 Å². The maximum absolute atomic E-state index is 12.6. The number of halogens is 4. The molecule has 0 fully saturated rings. The fourth-order valence-corrected chi connectivity index (χ4v) is 2.33. The lowest BCUT2D eigenvalue weighted by molar-refractivity contribution is -0.137. The van der Waals surface area contributed by atoms with E-state index in [9.17, 15) is 13.2 Å². The highest BCUT2D eigenvalue weighted by molar-refractivity contribution is 6.32. The molecule has 0 aliphatic rings. The average Bonchev–Trinajstić information content (AvgIpc) is 2.49. The van der Waals surface area contributed by atoms with E-state index >= 15 is 0 Å². The molecule has 7 heteroatoms. The van der Waals surface area contributed by atoms with E-state index in [4.69, 9.17) is 16.3 Å². The Balaban J connectivity index is 1.94. The van der Waals surface area contributed by atoms with Crippen LogP contribution < -0.4 is 4.74 Å². The van der Waals surface area contributed by atoms with Crippen molar-refractivity contribution in [3.05, 3.63) is 58.7 Å². The average molecular weight is 339 g/mol. The van der Waals surface area contributed by atoms with Crippen molar-refractivity contribution >= 4 is 22.5 Å². The lowest BCUT2D eigenvalue weighted by Crippen LogP contribution is -2.04. The van der Waals surface area contributed by atoms with Crippen molar-refractivity contribution in [2.75, 3.05) is 0 Å². The van der Waals surface area contributed by atoms with Crippen molar-refractivity contribution in [2.45, 2.75) is 13.1 Å². The highest BCUT2D eigenvalue weighted by Gasteiger charge is 2.31. The van der Waals surface area contributed by atoms with Crippen LogP contribution in [0.25, 0.3) is 10.9 Å². The maximum atomic E-state index is 12.6. The standard InChI is InChI=1S/C16H10ClF3N2O/c1-9-8-21-22-14-4-3-11(7-12(9)14)23-15-5-2-10(6-13(15)17)16(18,19)20/h2-8H,1H3. The first-order valence-electron chi connectivity index (χ1n) is 6.61. The van der Waals surface area contributed by atoms with E-state index in [-0.39, 0.29) is 10.8 Å². The molecule has 0 aliphatic carbocycles. The molecule has 0 saturated carbocycles. The number of benzene rings is 2. The maximum Gasteiger partial charge on any atom is 0.416 e. The molecule has 0 spiro atoms. The van der Waals surface area contributed by atoms with Gasteiger partial charge in [0, 0.05) is 5.39 Å². The molecular formula is C16H10ClF3N2O. The first-order chi connectivity index (χ1) is 10.8. The zero-order valence-corrected chi connectivity index (χ0v) is 12.6. The van der Waals surface area contributed by atoms with Gasteiger partial charge >= 0.3 is 6.18 Å². The van der Waals surface area contributed by atoms with Gasteiger partial charge in [0.25, 0.3) is 0 Å². The van der Waals surface area contributed by atoms with Gasteiger partial charge in [0.15, 0.2) is 0 Å². The van der Waals surface area contributed by atoms with Gasteiger partial charge in [0.2, 0.25) is 0 Å². The van der Waals surface area contributed by atoms with Gasteiger partial charge in [-0.3, -0.25) is 0 Å². The Kier molecular flexibility index (Phi) is 3.85. The SMILES string of the molecule is Cc1cnnc2ccc(Oc3ccc(C(F)(F)F)cc3Cl)cc12. The molecule has 23 heavy (non-hydrogen) atoms. The molecule has 3 nitrogen and oxygen atoms in total. The fraction of sp³-hybridized carbons (Fsp3) is 0.125. The van der Waals surface area contributed by atoms with Gasteiger partial charge in [0.1, 0.15) is 11.5 Å². The van der Waals surface area contributed by atoms with Crippen LogP contribution in [-0.2, 0) is 6.18 Å². The molecule has 2 aromatic carbocycles. The zero-order valence-electron chi connectivity index (χ0n) is 11.9. The van der Waals surface area contributed by atoms with Gasteiger partial charge in [-0.15, -0.1) is 0 Å². The summed E-state index contributed by atoms with van der Waals surface area (Å²) in [6.45, 7) is 1.88. The predicted octanol–water partition coefficient (Wildman–Crippen LogP) is 5.40. The van der Waals surface area contributed by atoms with Crippen molar-refractivity contribution in [1.82, 2.24) is 10.2 Å². The molecule has 0 unspecified atom stereocenters. The Morgan fingerprint density at radius 2 is 1.87 bits per heavy atom. The number of fused-ring (bicyclic) bond motifs is 1. The molecule has 1 aromatic heterocycles. The van der Waals surface area contributed by atoms with Crippen molar-refractivity contribution in [2.24, 2.45) is 0 Å². The molecule has 0 amide bonds. The summed E-state index contributed by atoms with van der Waals surface area (Å²) < 4.78 is 43.5. The van der Waals surface area contributed by atoms with Gasteiger partial charge < -0.3 is 4.74 Å². The Labute approximate surface area is 134 Å². The Bertz CT molecular complexity index is 881. The van der Waals surface area contributed by atoms with Crippen LogP contribution >= 0.6 is 11.6 Å². The van der Waals surface area contributed by atoms with Crippen molar-refractivity contribution in [1.29, 1.82) is 0 Å². The first kappa shape index (κ1) is 15.6. The van der Waals surface area contributed by atoms with Crippen LogP contribution in [-0.4, -0.2) is 10.2 Å². The van der Waals surface area contributed by atoms with E-state index in [1.807, 2.05) is 6.92 Å². The second-order valence-electron chi connectivity index (χ2n) is 4.95. The molecule has 0 atom stereocenters. The van der Waals surface area contributed by atoms with E-state index in [1.165, 1.54) is 6.07 Å². The molecule has 3 rings (SSSR count). The van der Waals surface area contributed by atoms with Gasteiger partial charge in [-0.1, -0.05) is 11.6 Å². The quantitative estimate of drug-likeness (QED) is 0.627. The highest BCUT2D eigenvalue weighted by atomic mass is 35.5. The Hall–Kier alpha value is -2.34. The monoisotopic (exact) mass is 338 g/mol. The lowest BCUT2D eigenvalue weighted by atomic mass is 10.1. The summed E-state index contributed by atoms with van der Waals surface area (Å²) in [5, 5.41) is 8.58. The van der Waals surface area contributed by atoms with Crippen LogP contribution in [0.4, 0.5) is 13.2 Å². The summed E-state index contributed by atoms with van der Waals surface area (Å²) in [4.78, 5) is 0. The summed E-state index contributed by atoms with van der Waals surface area (Å²) in [5.41, 5.74) is 0.800. The number of aryl methyl sites for hydroxylation is 1. The minimum Gasteiger partial charge on any atom is -0.456 e. The van der Waals surface area contributed by atoms with Crippen LogP contribution in [0.5, 0.6) is 11.5 Å². The summed E-state index contributed by atoms with van der Waals surface area (Å²) >= 11 is 5.89. The van der Waals surface area contributed by atoms with Crippen LogP contribution in [0.1, 0.15) is 11.1 Å². The third-order valence-electron chi connectivity index (χ3n) is 3.30. The third-order valence-corrected chi connectivity index (χ3v) is 3.59. The van der Waals surface area contributed by atoms with Gasteiger partial charge in [-0.05, 0) is 48.9 Å². The van der Waals surface area contributed by atoms with E-state index < -0.39 is 11.7 Å². The summed E-state index contributed by atoms with van der Waals surface area (Å²) in [5.74, 6) is 0.606. The van der Waals surface area contributed by atoms with E-state index in [2.05, 4.69) is 10.2 Å². The highest BCUT2D eigenvalue weighted by Crippen LogP contribution is 2.36. The van der Waals surface area contributed by atoms with E-state index in [0.717, 1.165) is 23.1 Å². The summed E-state index contributed by atoms with van der Waals surface area (Å²) in [7, 11) is 0. The number of rotatable bonds is 2. The summed E-state index contributed by atoms with van der Waals surface area (Å²) in [6, 6.07) is 8.10. The molecule has 0 aliphatic heterocycles. The number of alkyl halides is 3. The predicted molar refractivity (Wildman–Crippen MR) is 80.8 cm³/mol. The van der Waals surface area contributed by atoms with Crippen molar-refractivity contribution < 1.29 is 17.9 Å². The number of ether oxygens (including phenoxy) is 1. The van der Waals surface area contributed by atoms with Gasteiger partial charge in [-0.25, -0.2) is 0 Å². The Morgan fingerprint density at radius 3 is 2.57 bits per heavy atom. The molecular weight excluding hydrogens is 329 g/mol. The molecule has 118 valence electrons. The largest absolute Gasteiger partial charge is 0.456 e. The van der Waals surface area contributed by atoms with Crippen molar-refractivity contribution in [3.8, 4) is 11.5 Å². The van der Waals surface area contributed by atoms with Crippen LogP contribution in [0.3, 0.4) is 0 Å². The fourth-order valence-electron chi connectivity index (χ4n) is 2.12. The Morgan fingerprint density at radius 1 is 1.09 bits per heavy atom. The minimum atomic E-state index is -4.44. The summed E-state index contributed by atoms with van der Waals surface area (Å²) in [6.07, 6.45) is -2.82. The molecule has 1 heterocycles. The molecule has 0 bridgehead atoms. The normalized spacial score (nSPS) is 11.7. The molecule has 0 radical (unpaired) electrons. The second-order valence-corrected chi connectivity index (χ2v) is 5.36. The third kappa shape index (κ3) is 3.22. The second kappa shape index (κ2) is 5.70. The number of hydrogen-bond donors (Lipinski definition) is 0. The van der Waals surface area contributed by atoms with Crippen LogP contribution in [0.15, 0.2) is 42.6 Å². The minimum absolute atomic E-state index is 0.107. The number of nitrogens with zero attached hydrogens (tertiary/aromatic N) is 2. The lowest BCUT2D eigenvalue weighted by Gasteiger charge is -2.11. The first-order valence-corrected chi connectivity index (χ1v) is 6.99.